The number of ether oxygens (including phenoxy) is 1. The number of allylic oxidation sites excluding steroid dienone is 2. The van der Waals surface area contributed by atoms with Gasteiger partial charge in [-0.1, -0.05) is 6.08 Å². The van der Waals surface area contributed by atoms with Crippen LogP contribution in [-0.2, 0) is 0 Å². The molecule has 5 heteroatoms. The average molecular weight is 354 g/mol. The molecule has 2 aromatic rings. The van der Waals surface area contributed by atoms with Gasteiger partial charge in [0.1, 0.15) is 18.5 Å². The maximum absolute atomic E-state index is 12.9. The summed E-state index contributed by atoms with van der Waals surface area (Å²) in [6.45, 7) is 5.05. The highest BCUT2D eigenvalue weighted by Gasteiger charge is 2.13. The number of nitrogens with one attached hydrogen (secondary N) is 1. The first-order valence-corrected chi connectivity index (χ1v) is 7.48. The van der Waals surface area contributed by atoms with Gasteiger partial charge in [-0.25, -0.2) is 4.39 Å². The third-order valence-electron chi connectivity index (χ3n) is 3.18. The van der Waals surface area contributed by atoms with Crippen LogP contribution in [0.25, 0.3) is 10.9 Å². The predicted octanol–water partition coefficient (Wildman–Crippen LogP) is 4.82. The number of fused-ring (bicyclic) bond motifs is 1. The van der Waals surface area contributed by atoms with Crippen molar-refractivity contribution in [1.29, 1.82) is 0 Å². The number of benzene rings is 1. The number of hydrogen-bond acceptors (Lipinski definition) is 2. The molecule has 21 heavy (non-hydrogen) atoms. The van der Waals surface area contributed by atoms with Crippen LogP contribution < -0.4 is 4.74 Å². The molecule has 0 fully saturated rings. The lowest BCUT2D eigenvalue weighted by Crippen LogP contribution is -2.08. The molecule has 0 aliphatic carbocycles. The summed E-state index contributed by atoms with van der Waals surface area (Å²) in [6, 6.07) is 5.40. The van der Waals surface area contributed by atoms with Crippen molar-refractivity contribution in [2.75, 3.05) is 6.61 Å². The Morgan fingerprint density at radius 1 is 1.48 bits per heavy atom. The molecule has 0 saturated carbocycles. The van der Waals surface area contributed by atoms with Gasteiger partial charge in [-0.15, -0.1) is 0 Å². The summed E-state index contributed by atoms with van der Waals surface area (Å²) in [5, 5.41) is 0.854. The number of halogens is 2. The lowest BCUT2D eigenvalue weighted by Gasteiger charge is -2.08. The Labute approximate surface area is 131 Å². The monoisotopic (exact) mass is 353 g/mol. The maximum Gasteiger partial charge on any atom is 0.204 e. The number of carbonyl (C=O) groups is 1. The second kappa shape index (κ2) is 6.43. The van der Waals surface area contributed by atoms with E-state index in [4.69, 9.17) is 4.74 Å². The van der Waals surface area contributed by atoms with Crippen molar-refractivity contribution in [2.45, 2.75) is 26.9 Å². The van der Waals surface area contributed by atoms with Crippen LogP contribution in [0.15, 0.2) is 34.3 Å². The minimum atomic E-state index is -1.03. The molecule has 2 rings (SSSR count). The topological polar surface area (TPSA) is 42.1 Å². The van der Waals surface area contributed by atoms with E-state index in [-0.39, 0.29) is 12.4 Å². The van der Waals surface area contributed by atoms with Gasteiger partial charge in [-0.05, 0) is 60.5 Å². The van der Waals surface area contributed by atoms with Gasteiger partial charge in [0.25, 0.3) is 0 Å². The number of H-pyrrole nitrogens is 1. The SMILES string of the molecule is C/C=C(\C)C(=O)c1cc2cc(OCC(C)F)c(Br)cc2[nH]1. The van der Waals surface area contributed by atoms with Crippen molar-refractivity contribution in [1.82, 2.24) is 4.98 Å². The van der Waals surface area contributed by atoms with Gasteiger partial charge < -0.3 is 9.72 Å². The second-order valence-corrected chi connectivity index (χ2v) is 5.80. The van der Waals surface area contributed by atoms with E-state index in [0.717, 1.165) is 15.4 Å². The first-order valence-electron chi connectivity index (χ1n) is 6.69. The zero-order chi connectivity index (χ0) is 15.6. The van der Waals surface area contributed by atoms with Crippen molar-refractivity contribution < 1.29 is 13.9 Å². The van der Waals surface area contributed by atoms with Gasteiger partial charge in [-0.2, -0.15) is 0 Å². The van der Waals surface area contributed by atoms with Crippen molar-refractivity contribution >= 4 is 32.6 Å². The number of Topliss-reactive ketones (excluding diaryl/α,β-unsaturated/α-hetero) is 1. The molecule has 1 aromatic heterocycles. The van der Waals surface area contributed by atoms with Crippen molar-refractivity contribution in [3.05, 3.63) is 40.0 Å². The highest BCUT2D eigenvalue weighted by molar-refractivity contribution is 9.10. The molecule has 0 bridgehead atoms. The molecule has 3 nitrogen and oxygen atoms in total. The summed E-state index contributed by atoms with van der Waals surface area (Å²) < 4.78 is 19.0. The minimum Gasteiger partial charge on any atom is -0.489 e. The first-order chi connectivity index (χ1) is 9.92. The quantitative estimate of drug-likeness (QED) is 0.618. The van der Waals surface area contributed by atoms with Gasteiger partial charge in [0, 0.05) is 10.9 Å². The highest BCUT2D eigenvalue weighted by atomic mass is 79.9. The number of carbonyl (C=O) groups excluding carboxylic acids is 1. The third kappa shape index (κ3) is 3.53. The fourth-order valence-electron chi connectivity index (χ4n) is 1.91. The Bertz CT molecular complexity index is 704. The van der Waals surface area contributed by atoms with Crippen molar-refractivity contribution in [3.8, 4) is 5.75 Å². The largest absolute Gasteiger partial charge is 0.489 e. The van der Waals surface area contributed by atoms with Crippen LogP contribution in [0.5, 0.6) is 5.75 Å². The van der Waals surface area contributed by atoms with Gasteiger partial charge in [0.05, 0.1) is 10.2 Å². The Morgan fingerprint density at radius 2 is 2.19 bits per heavy atom. The summed E-state index contributed by atoms with van der Waals surface area (Å²) in [4.78, 5) is 15.2. The van der Waals surface area contributed by atoms with E-state index < -0.39 is 6.17 Å². The molecular formula is C16H17BrFNO2. The summed E-state index contributed by atoms with van der Waals surface area (Å²) in [5.41, 5.74) is 2.04. The molecule has 0 saturated heterocycles. The number of ketones is 1. The Balaban J connectivity index is 2.37. The molecule has 1 heterocycles. The maximum atomic E-state index is 12.9. The van der Waals surface area contributed by atoms with E-state index in [0.29, 0.717) is 17.0 Å². The van der Waals surface area contributed by atoms with E-state index in [1.165, 1.54) is 6.92 Å². The zero-order valence-electron chi connectivity index (χ0n) is 12.2. The standard InChI is InChI=1S/C16H17BrFNO2/c1-4-9(2)16(20)14-5-11-6-15(21-8-10(3)18)12(17)7-13(11)19-14/h4-7,10,19H,8H2,1-3H3/b9-4+. The summed E-state index contributed by atoms with van der Waals surface area (Å²) >= 11 is 3.39. The Morgan fingerprint density at radius 3 is 2.81 bits per heavy atom. The van der Waals surface area contributed by atoms with Crippen LogP contribution >= 0.6 is 15.9 Å². The number of hydrogen-bond donors (Lipinski definition) is 1. The van der Waals surface area contributed by atoms with Gasteiger partial charge in [-0.3, -0.25) is 4.79 Å². The Hall–Kier alpha value is -1.62. The summed E-state index contributed by atoms with van der Waals surface area (Å²) in [7, 11) is 0. The summed E-state index contributed by atoms with van der Waals surface area (Å²) in [6.07, 6.45) is 0.745. The lowest BCUT2D eigenvalue weighted by atomic mass is 10.1. The normalized spacial score (nSPS) is 13.5. The fraction of sp³-hybridized carbons (Fsp3) is 0.312. The van der Waals surface area contributed by atoms with E-state index in [9.17, 15) is 9.18 Å². The van der Waals surface area contributed by atoms with Crippen LogP contribution in [0.4, 0.5) is 4.39 Å². The highest BCUT2D eigenvalue weighted by Crippen LogP contribution is 2.31. The van der Waals surface area contributed by atoms with Crippen LogP contribution in [0.1, 0.15) is 31.3 Å². The summed E-state index contributed by atoms with van der Waals surface area (Å²) in [5.74, 6) is 0.525. The van der Waals surface area contributed by atoms with Crippen LogP contribution in [0, 0.1) is 0 Å². The van der Waals surface area contributed by atoms with E-state index in [1.54, 1.807) is 25.1 Å². The molecule has 0 radical (unpaired) electrons. The third-order valence-corrected chi connectivity index (χ3v) is 3.80. The molecular weight excluding hydrogens is 337 g/mol. The smallest absolute Gasteiger partial charge is 0.204 e. The molecule has 1 N–H and O–H groups in total. The van der Waals surface area contributed by atoms with Gasteiger partial charge >= 0.3 is 0 Å². The number of aromatic nitrogens is 1. The predicted molar refractivity (Wildman–Crippen MR) is 85.8 cm³/mol. The van der Waals surface area contributed by atoms with E-state index in [1.807, 2.05) is 13.0 Å². The van der Waals surface area contributed by atoms with Crippen LogP contribution in [0.2, 0.25) is 0 Å². The molecule has 1 unspecified atom stereocenters. The molecule has 1 atom stereocenters. The van der Waals surface area contributed by atoms with E-state index in [2.05, 4.69) is 20.9 Å². The second-order valence-electron chi connectivity index (χ2n) is 4.95. The van der Waals surface area contributed by atoms with Crippen LogP contribution in [-0.4, -0.2) is 23.5 Å². The minimum absolute atomic E-state index is 0.00199. The average Bonchev–Trinajstić information content (AvgIpc) is 2.85. The van der Waals surface area contributed by atoms with Gasteiger partial charge in [0.2, 0.25) is 5.78 Å². The number of aromatic amines is 1. The molecule has 0 amide bonds. The first kappa shape index (κ1) is 15.8. The van der Waals surface area contributed by atoms with Crippen LogP contribution in [0.3, 0.4) is 0 Å². The van der Waals surface area contributed by atoms with Gasteiger partial charge in [0.15, 0.2) is 0 Å². The van der Waals surface area contributed by atoms with Crippen molar-refractivity contribution in [3.63, 3.8) is 0 Å². The van der Waals surface area contributed by atoms with Crippen molar-refractivity contribution in [2.24, 2.45) is 0 Å². The lowest BCUT2D eigenvalue weighted by molar-refractivity contribution is 0.103. The van der Waals surface area contributed by atoms with E-state index >= 15 is 0 Å². The Kier molecular flexibility index (Phi) is 4.83. The molecule has 0 aliphatic heterocycles. The molecule has 1 aromatic carbocycles. The fourth-order valence-corrected chi connectivity index (χ4v) is 2.37. The number of alkyl halides is 1. The molecule has 0 spiro atoms. The molecule has 0 aliphatic rings. The zero-order valence-corrected chi connectivity index (χ0v) is 13.8. The number of rotatable bonds is 5. The molecule has 112 valence electrons.